The highest BCUT2D eigenvalue weighted by Crippen LogP contribution is 2.35. The second-order valence-electron chi connectivity index (χ2n) is 7.29. The molecule has 1 heterocycles. The van der Waals surface area contributed by atoms with Gasteiger partial charge >= 0.3 is 0 Å². The molecule has 0 atom stereocenters. The molecule has 0 unspecified atom stereocenters. The van der Waals surface area contributed by atoms with Gasteiger partial charge in [0.25, 0.3) is 0 Å². The van der Waals surface area contributed by atoms with E-state index < -0.39 is 9.84 Å². The third-order valence-corrected chi connectivity index (χ3v) is 6.87. The summed E-state index contributed by atoms with van der Waals surface area (Å²) in [6.45, 7) is 4.29. The number of aryl methyl sites for hydroxylation is 2. The van der Waals surface area contributed by atoms with E-state index in [0.29, 0.717) is 17.1 Å². The predicted molar refractivity (Wildman–Crippen MR) is 122 cm³/mol. The van der Waals surface area contributed by atoms with Crippen molar-refractivity contribution in [1.82, 2.24) is 4.98 Å². The molecule has 0 aliphatic carbocycles. The number of nitrogens with zero attached hydrogens (tertiary/aromatic N) is 1. The third-order valence-electron chi connectivity index (χ3n) is 4.86. The average molecular weight is 453 g/mol. The van der Waals surface area contributed by atoms with Crippen molar-refractivity contribution in [1.29, 1.82) is 0 Å². The number of benzene rings is 3. The Hall–Kier alpha value is -3.09. The summed E-state index contributed by atoms with van der Waals surface area (Å²) in [6.07, 6.45) is 0. The fourth-order valence-electron chi connectivity index (χ4n) is 3.07. The van der Waals surface area contributed by atoms with Crippen molar-refractivity contribution in [2.75, 3.05) is 5.32 Å². The molecule has 7 heteroatoms. The van der Waals surface area contributed by atoms with Crippen molar-refractivity contribution in [2.45, 2.75) is 30.3 Å². The van der Waals surface area contributed by atoms with Crippen LogP contribution in [-0.4, -0.2) is 13.4 Å². The van der Waals surface area contributed by atoms with Gasteiger partial charge in [-0.15, -0.1) is 0 Å². The van der Waals surface area contributed by atoms with Gasteiger partial charge in [-0.05, 0) is 43.7 Å². The lowest BCUT2D eigenvalue weighted by Gasteiger charge is -2.07. The van der Waals surface area contributed by atoms with Gasteiger partial charge in [0, 0.05) is 6.54 Å². The van der Waals surface area contributed by atoms with Crippen LogP contribution >= 0.6 is 11.6 Å². The molecule has 4 aromatic rings. The van der Waals surface area contributed by atoms with E-state index in [-0.39, 0.29) is 21.7 Å². The molecule has 4 rings (SSSR count). The highest BCUT2D eigenvalue weighted by molar-refractivity contribution is 7.91. The number of rotatable bonds is 6. The van der Waals surface area contributed by atoms with Crippen molar-refractivity contribution in [3.8, 4) is 11.5 Å². The summed E-state index contributed by atoms with van der Waals surface area (Å²) in [6, 6.07) is 21.6. The Labute approximate surface area is 186 Å². The van der Waals surface area contributed by atoms with E-state index in [9.17, 15) is 8.42 Å². The van der Waals surface area contributed by atoms with Crippen LogP contribution in [0.2, 0.25) is 5.02 Å². The van der Waals surface area contributed by atoms with E-state index in [4.69, 9.17) is 16.0 Å². The summed E-state index contributed by atoms with van der Waals surface area (Å²) in [7, 11) is -3.91. The first kappa shape index (κ1) is 21.2. The smallest absolute Gasteiger partial charge is 0.234 e. The fourth-order valence-corrected chi connectivity index (χ4v) is 4.56. The number of aromatic nitrogens is 1. The minimum atomic E-state index is -3.91. The van der Waals surface area contributed by atoms with E-state index in [1.165, 1.54) is 0 Å². The second kappa shape index (κ2) is 8.57. The molecular weight excluding hydrogens is 432 g/mol. The monoisotopic (exact) mass is 452 g/mol. The first-order valence-electron chi connectivity index (χ1n) is 9.71. The van der Waals surface area contributed by atoms with Gasteiger partial charge in [0.1, 0.15) is 0 Å². The largest absolute Gasteiger partial charge is 0.419 e. The van der Waals surface area contributed by atoms with Gasteiger partial charge in [-0.1, -0.05) is 71.3 Å². The van der Waals surface area contributed by atoms with Crippen LogP contribution in [0.25, 0.3) is 11.5 Å². The van der Waals surface area contributed by atoms with E-state index in [1.54, 1.807) is 48.5 Å². The van der Waals surface area contributed by atoms with Crippen LogP contribution in [0.1, 0.15) is 16.7 Å². The molecular formula is C24H21ClN2O3S. The molecule has 158 valence electrons. The SMILES string of the molecule is Cc1ccc(CNc2oc(-c3ccccc3Cl)nc2S(=O)(=O)c2ccc(C)cc2)cc1. The van der Waals surface area contributed by atoms with Gasteiger partial charge in [-0.3, -0.25) is 0 Å². The van der Waals surface area contributed by atoms with Crippen LogP contribution in [-0.2, 0) is 16.4 Å². The van der Waals surface area contributed by atoms with Crippen LogP contribution in [0.3, 0.4) is 0 Å². The van der Waals surface area contributed by atoms with Gasteiger partial charge < -0.3 is 9.73 Å². The molecule has 0 saturated carbocycles. The fraction of sp³-hybridized carbons (Fsp3) is 0.125. The first-order valence-corrected chi connectivity index (χ1v) is 11.6. The van der Waals surface area contributed by atoms with Crippen molar-refractivity contribution in [3.05, 3.63) is 94.5 Å². The zero-order chi connectivity index (χ0) is 22.0. The van der Waals surface area contributed by atoms with Crippen molar-refractivity contribution >= 4 is 27.3 Å². The maximum atomic E-state index is 13.4. The van der Waals surface area contributed by atoms with Gasteiger partial charge in [0.15, 0.2) is 0 Å². The van der Waals surface area contributed by atoms with Gasteiger partial charge in [-0.2, -0.15) is 4.98 Å². The normalized spacial score (nSPS) is 11.5. The van der Waals surface area contributed by atoms with E-state index in [1.807, 2.05) is 38.1 Å². The summed E-state index contributed by atoms with van der Waals surface area (Å²) in [5, 5.41) is 3.35. The molecule has 0 aliphatic rings. The van der Waals surface area contributed by atoms with Crippen LogP contribution < -0.4 is 5.32 Å². The van der Waals surface area contributed by atoms with Crippen LogP contribution in [0.4, 0.5) is 5.88 Å². The molecule has 0 amide bonds. The molecule has 1 N–H and O–H groups in total. The number of oxazole rings is 1. The molecule has 0 radical (unpaired) electrons. The molecule has 31 heavy (non-hydrogen) atoms. The van der Waals surface area contributed by atoms with E-state index >= 15 is 0 Å². The average Bonchev–Trinajstić information content (AvgIpc) is 3.19. The zero-order valence-electron chi connectivity index (χ0n) is 17.1. The number of nitrogens with one attached hydrogen (secondary N) is 1. The maximum absolute atomic E-state index is 13.4. The Kier molecular flexibility index (Phi) is 5.85. The van der Waals surface area contributed by atoms with Gasteiger partial charge in [0.2, 0.25) is 26.6 Å². The predicted octanol–water partition coefficient (Wildman–Crippen LogP) is 6.06. The summed E-state index contributed by atoms with van der Waals surface area (Å²) >= 11 is 6.29. The Balaban J connectivity index is 1.77. The topological polar surface area (TPSA) is 72.2 Å². The third kappa shape index (κ3) is 4.50. The number of sulfone groups is 1. The van der Waals surface area contributed by atoms with Gasteiger partial charge in [-0.25, -0.2) is 8.42 Å². The lowest BCUT2D eigenvalue weighted by atomic mass is 10.1. The van der Waals surface area contributed by atoms with Crippen LogP contribution in [0, 0.1) is 13.8 Å². The Bertz CT molecular complexity index is 1310. The highest BCUT2D eigenvalue weighted by atomic mass is 35.5. The lowest BCUT2D eigenvalue weighted by molar-refractivity contribution is 0.577. The maximum Gasteiger partial charge on any atom is 0.234 e. The summed E-state index contributed by atoms with van der Waals surface area (Å²) < 4.78 is 32.6. The van der Waals surface area contributed by atoms with Crippen LogP contribution in [0.5, 0.6) is 0 Å². The van der Waals surface area contributed by atoms with Gasteiger partial charge in [0.05, 0.1) is 15.5 Å². The zero-order valence-corrected chi connectivity index (χ0v) is 18.7. The molecule has 0 bridgehead atoms. The summed E-state index contributed by atoms with van der Waals surface area (Å²) in [5.41, 5.74) is 3.62. The quantitative estimate of drug-likeness (QED) is 0.385. The minimum Gasteiger partial charge on any atom is -0.419 e. The molecule has 0 aliphatic heterocycles. The first-order chi connectivity index (χ1) is 14.8. The lowest BCUT2D eigenvalue weighted by Crippen LogP contribution is -2.07. The number of halogens is 1. The molecule has 5 nitrogen and oxygen atoms in total. The van der Waals surface area contributed by atoms with Crippen molar-refractivity contribution in [2.24, 2.45) is 0 Å². The van der Waals surface area contributed by atoms with E-state index in [2.05, 4.69) is 10.3 Å². The standard InChI is InChI=1S/C24H21ClN2O3S/c1-16-7-11-18(12-8-16)15-26-23-24(31(28,29)19-13-9-17(2)10-14-19)27-22(30-23)20-5-3-4-6-21(20)25/h3-14,26H,15H2,1-2H3. The number of hydrogen-bond acceptors (Lipinski definition) is 5. The summed E-state index contributed by atoms with van der Waals surface area (Å²) in [5.74, 6) is 0.221. The van der Waals surface area contributed by atoms with E-state index in [0.717, 1.165) is 16.7 Å². The second-order valence-corrected chi connectivity index (χ2v) is 9.56. The molecule has 0 saturated heterocycles. The molecule has 3 aromatic carbocycles. The molecule has 1 aromatic heterocycles. The molecule has 0 fully saturated rings. The highest BCUT2D eigenvalue weighted by Gasteiger charge is 2.29. The van der Waals surface area contributed by atoms with Crippen molar-refractivity contribution < 1.29 is 12.8 Å². The molecule has 0 spiro atoms. The number of anilines is 1. The minimum absolute atomic E-state index is 0.0797. The Morgan fingerprint density at radius 3 is 2.16 bits per heavy atom. The Morgan fingerprint density at radius 2 is 1.52 bits per heavy atom. The van der Waals surface area contributed by atoms with Crippen LogP contribution in [0.15, 0.2) is 87.1 Å². The van der Waals surface area contributed by atoms with Crippen molar-refractivity contribution in [3.63, 3.8) is 0 Å². The Morgan fingerprint density at radius 1 is 0.903 bits per heavy atom. The summed E-state index contributed by atoms with van der Waals surface area (Å²) in [4.78, 5) is 4.49. The number of hydrogen-bond donors (Lipinski definition) is 1.